The number of nitriles is 1. The predicted octanol–water partition coefficient (Wildman–Crippen LogP) is 0.912. The van der Waals surface area contributed by atoms with E-state index in [9.17, 15) is 0 Å². The predicted molar refractivity (Wildman–Crippen MR) is 65.3 cm³/mol. The van der Waals surface area contributed by atoms with Crippen molar-refractivity contribution in [1.29, 1.82) is 5.26 Å². The van der Waals surface area contributed by atoms with Gasteiger partial charge in [-0.15, -0.1) is 0 Å². The Labute approximate surface area is 101 Å². The van der Waals surface area contributed by atoms with Crippen LogP contribution in [0.2, 0.25) is 0 Å². The molecule has 2 unspecified atom stereocenters. The molecule has 2 atom stereocenters. The van der Waals surface area contributed by atoms with Crippen LogP contribution in [0.1, 0.15) is 25.5 Å². The minimum absolute atomic E-state index is 0.266. The Balaban J connectivity index is 2.29. The summed E-state index contributed by atoms with van der Waals surface area (Å²) < 4.78 is 0. The Kier molecular flexibility index (Phi) is 3.55. The van der Waals surface area contributed by atoms with E-state index in [1.54, 1.807) is 12.4 Å². The van der Waals surface area contributed by atoms with Crippen LogP contribution in [0.3, 0.4) is 0 Å². The minimum atomic E-state index is 0.266. The summed E-state index contributed by atoms with van der Waals surface area (Å²) in [6.45, 7) is 3.73. The van der Waals surface area contributed by atoms with E-state index in [-0.39, 0.29) is 6.04 Å². The molecule has 0 aliphatic carbocycles. The van der Waals surface area contributed by atoms with Crippen molar-refractivity contribution in [2.45, 2.75) is 25.8 Å². The van der Waals surface area contributed by atoms with E-state index < -0.39 is 0 Å². The topological polar surface area (TPSA) is 78.8 Å². The molecule has 5 heteroatoms. The molecule has 0 radical (unpaired) electrons. The van der Waals surface area contributed by atoms with Crippen LogP contribution in [0.15, 0.2) is 12.4 Å². The van der Waals surface area contributed by atoms with E-state index in [0.717, 1.165) is 19.4 Å². The molecule has 0 saturated carbocycles. The fourth-order valence-electron chi connectivity index (χ4n) is 2.37. The molecule has 0 aromatic carbocycles. The van der Waals surface area contributed by atoms with Gasteiger partial charge in [0.15, 0.2) is 11.5 Å². The molecule has 0 bridgehead atoms. The van der Waals surface area contributed by atoms with Gasteiger partial charge in [0.2, 0.25) is 0 Å². The molecular weight excluding hydrogens is 214 g/mol. The summed E-state index contributed by atoms with van der Waals surface area (Å²) in [7, 11) is 0. The lowest BCUT2D eigenvalue weighted by molar-refractivity contribution is 0.364. The Bertz CT molecular complexity index is 425. The molecule has 2 heterocycles. The van der Waals surface area contributed by atoms with Gasteiger partial charge in [0.05, 0.1) is 0 Å². The number of rotatable bonds is 2. The van der Waals surface area contributed by atoms with E-state index in [2.05, 4.69) is 27.9 Å². The fraction of sp³-hybridized carbons (Fsp3) is 0.583. The third kappa shape index (κ3) is 2.37. The molecule has 0 spiro atoms. The molecule has 1 aromatic heterocycles. The second-order valence-corrected chi connectivity index (χ2v) is 4.55. The molecule has 1 fully saturated rings. The lowest BCUT2D eigenvalue weighted by Gasteiger charge is -2.38. The van der Waals surface area contributed by atoms with E-state index >= 15 is 0 Å². The van der Waals surface area contributed by atoms with Crippen molar-refractivity contribution in [1.82, 2.24) is 9.97 Å². The highest BCUT2D eigenvalue weighted by Gasteiger charge is 2.28. The number of nitrogens with two attached hydrogens (primary N) is 1. The van der Waals surface area contributed by atoms with Crippen molar-refractivity contribution in [3.05, 3.63) is 18.1 Å². The highest BCUT2D eigenvalue weighted by molar-refractivity contribution is 5.50. The number of hydrogen-bond acceptors (Lipinski definition) is 5. The summed E-state index contributed by atoms with van der Waals surface area (Å²) in [4.78, 5) is 10.5. The molecule has 1 aromatic rings. The Morgan fingerprint density at radius 2 is 2.29 bits per heavy atom. The van der Waals surface area contributed by atoms with Gasteiger partial charge in [0.25, 0.3) is 0 Å². The zero-order chi connectivity index (χ0) is 12.3. The summed E-state index contributed by atoms with van der Waals surface area (Å²) in [5.74, 6) is 1.36. The maximum Gasteiger partial charge on any atom is 0.183 e. The third-order valence-electron chi connectivity index (χ3n) is 3.31. The summed E-state index contributed by atoms with van der Waals surface area (Å²) in [6.07, 6.45) is 5.34. The van der Waals surface area contributed by atoms with Gasteiger partial charge in [0, 0.05) is 31.5 Å². The molecule has 1 saturated heterocycles. The van der Waals surface area contributed by atoms with Gasteiger partial charge in [-0.05, 0) is 18.8 Å². The molecule has 17 heavy (non-hydrogen) atoms. The Morgan fingerprint density at radius 3 is 3.00 bits per heavy atom. The number of hydrogen-bond donors (Lipinski definition) is 1. The lowest BCUT2D eigenvalue weighted by Crippen LogP contribution is -2.47. The summed E-state index contributed by atoms with van der Waals surface area (Å²) in [5.41, 5.74) is 6.20. The van der Waals surface area contributed by atoms with Crippen LogP contribution in [0.4, 0.5) is 5.82 Å². The quantitative estimate of drug-likeness (QED) is 0.818. The second-order valence-electron chi connectivity index (χ2n) is 4.55. The first-order valence-electron chi connectivity index (χ1n) is 5.94. The first-order valence-corrected chi connectivity index (χ1v) is 5.94. The summed E-state index contributed by atoms with van der Waals surface area (Å²) >= 11 is 0. The molecule has 1 aliphatic rings. The summed E-state index contributed by atoms with van der Waals surface area (Å²) in [6, 6.07) is 2.36. The highest BCUT2D eigenvalue weighted by Crippen LogP contribution is 2.27. The standard InChI is InChI=1S/C12H17N5/c1-9-2-5-17(10(6-9)7-13)12-11(8-14)15-3-4-16-12/h3-4,9-10H,2,5-7,13H2,1H3. The van der Waals surface area contributed by atoms with Crippen LogP contribution in [0.25, 0.3) is 0 Å². The maximum atomic E-state index is 9.05. The van der Waals surface area contributed by atoms with Gasteiger partial charge < -0.3 is 10.6 Å². The Hall–Kier alpha value is -1.67. The van der Waals surface area contributed by atoms with E-state index in [1.165, 1.54) is 0 Å². The zero-order valence-electron chi connectivity index (χ0n) is 10.0. The number of aromatic nitrogens is 2. The highest BCUT2D eigenvalue weighted by atomic mass is 15.2. The second kappa shape index (κ2) is 5.11. The van der Waals surface area contributed by atoms with Crippen molar-refractivity contribution in [2.24, 2.45) is 11.7 Å². The maximum absolute atomic E-state index is 9.05. The van der Waals surface area contributed by atoms with Gasteiger partial charge in [0.1, 0.15) is 6.07 Å². The van der Waals surface area contributed by atoms with Gasteiger partial charge in [-0.25, -0.2) is 9.97 Å². The molecule has 0 amide bonds. The Morgan fingerprint density at radius 1 is 1.53 bits per heavy atom. The molecule has 1 aliphatic heterocycles. The first kappa shape index (κ1) is 11.8. The average molecular weight is 231 g/mol. The largest absolute Gasteiger partial charge is 0.350 e. The minimum Gasteiger partial charge on any atom is -0.350 e. The van der Waals surface area contributed by atoms with Gasteiger partial charge in [-0.2, -0.15) is 5.26 Å². The first-order chi connectivity index (χ1) is 8.26. The molecule has 2 rings (SSSR count). The van der Waals surface area contributed by atoms with Gasteiger partial charge >= 0.3 is 0 Å². The van der Waals surface area contributed by atoms with Crippen molar-refractivity contribution in [3.63, 3.8) is 0 Å². The number of anilines is 1. The van der Waals surface area contributed by atoms with Crippen molar-refractivity contribution >= 4 is 5.82 Å². The van der Waals surface area contributed by atoms with Crippen molar-refractivity contribution in [3.8, 4) is 6.07 Å². The van der Waals surface area contributed by atoms with Crippen LogP contribution in [0, 0.1) is 17.2 Å². The fourth-order valence-corrected chi connectivity index (χ4v) is 2.37. The van der Waals surface area contributed by atoms with Crippen LogP contribution >= 0.6 is 0 Å². The van der Waals surface area contributed by atoms with Gasteiger partial charge in [-0.1, -0.05) is 6.92 Å². The van der Waals surface area contributed by atoms with Crippen LogP contribution in [0.5, 0.6) is 0 Å². The van der Waals surface area contributed by atoms with Crippen LogP contribution in [-0.2, 0) is 0 Å². The molecular formula is C12H17N5. The van der Waals surface area contributed by atoms with E-state index in [0.29, 0.717) is 24.0 Å². The van der Waals surface area contributed by atoms with E-state index in [1.807, 2.05) is 0 Å². The smallest absolute Gasteiger partial charge is 0.183 e. The van der Waals surface area contributed by atoms with Crippen molar-refractivity contribution in [2.75, 3.05) is 18.0 Å². The van der Waals surface area contributed by atoms with Crippen LogP contribution in [-0.4, -0.2) is 29.1 Å². The summed E-state index contributed by atoms with van der Waals surface area (Å²) in [5, 5.41) is 9.05. The van der Waals surface area contributed by atoms with Gasteiger partial charge in [-0.3, -0.25) is 0 Å². The van der Waals surface area contributed by atoms with E-state index in [4.69, 9.17) is 11.0 Å². The number of nitrogens with zero attached hydrogens (tertiary/aromatic N) is 4. The SMILES string of the molecule is CC1CCN(c2nccnc2C#N)C(CN)C1. The molecule has 90 valence electrons. The lowest BCUT2D eigenvalue weighted by atomic mass is 9.92. The third-order valence-corrected chi connectivity index (χ3v) is 3.31. The normalized spacial score (nSPS) is 24.4. The van der Waals surface area contributed by atoms with Crippen LogP contribution < -0.4 is 10.6 Å². The molecule has 5 nitrogen and oxygen atoms in total. The zero-order valence-corrected chi connectivity index (χ0v) is 10.0. The number of piperidine rings is 1. The molecule has 2 N–H and O–H groups in total. The van der Waals surface area contributed by atoms with Crippen molar-refractivity contribution < 1.29 is 0 Å². The monoisotopic (exact) mass is 231 g/mol. The average Bonchev–Trinajstić information content (AvgIpc) is 2.38.